The van der Waals surface area contributed by atoms with Crippen molar-refractivity contribution in [2.75, 3.05) is 11.5 Å². The molecule has 96 valence electrons. The molecular formula is C12H25NO2S. The summed E-state index contributed by atoms with van der Waals surface area (Å²) in [5, 5.41) is 0. The summed E-state index contributed by atoms with van der Waals surface area (Å²) in [6, 6.07) is 0.236. The Balaban J connectivity index is 2.30. The standard InChI is InChI=1S/C12H25NO2S/c1-10(2)6-8-16(14,15)9-7-11-4-3-5-12(11)13/h10-12H,3-9,13H2,1-2H3. The minimum absolute atomic E-state index is 0.236. The lowest BCUT2D eigenvalue weighted by molar-refractivity contribution is 0.463. The van der Waals surface area contributed by atoms with Crippen molar-refractivity contribution in [2.24, 2.45) is 17.6 Å². The predicted octanol–water partition coefficient (Wildman–Crippen LogP) is 1.96. The molecule has 0 bridgehead atoms. The van der Waals surface area contributed by atoms with Gasteiger partial charge in [0.05, 0.1) is 11.5 Å². The van der Waals surface area contributed by atoms with Gasteiger partial charge in [0, 0.05) is 6.04 Å². The lowest BCUT2D eigenvalue weighted by Gasteiger charge is -2.15. The van der Waals surface area contributed by atoms with E-state index in [0.29, 0.717) is 23.3 Å². The third-order valence-corrected chi connectivity index (χ3v) is 5.24. The summed E-state index contributed by atoms with van der Waals surface area (Å²) in [7, 11) is -2.84. The summed E-state index contributed by atoms with van der Waals surface area (Å²) >= 11 is 0. The van der Waals surface area contributed by atoms with Gasteiger partial charge in [-0.3, -0.25) is 0 Å². The molecule has 1 saturated carbocycles. The summed E-state index contributed by atoms with van der Waals surface area (Å²) in [5.41, 5.74) is 5.94. The highest BCUT2D eigenvalue weighted by Crippen LogP contribution is 2.27. The zero-order valence-electron chi connectivity index (χ0n) is 10.5. The highest BCUT2D eigenvalue weighted by molar-refractivity contribution is 7.91. The predicted molar refractivity (Wildman–Crippen MR) is 68.0 cm³/mol. The largest absolute Gasteiger partial charge is 0.327 e. The highest BCUT2D eigenvalue weighted by atomic mass is 32.2. The molecule has 0 radical (unpaired) electrons. The molecule has 0 saturated heterocycles. The van der Waals surface area contributed by atoms with Gasteiger partial charge in [-0.1, -0.05) is 20.3 Å². The van der Waals surface area contributed by atoms with E-state index in [-0.39, 0.29) is 6.04 Å². The second-order valence-electron chi connectivity index (χ2n) is 5.48. The van der Waals surface area contributed by atoms with Crippen LogP contribution in [-0.2, 0) is 9.84 Å². The van der Waals surface area contributed by atoms with Crippen molar-refractivity contribution in [1.82, 2.24) is 0 Å². The quantitative estimate of drug-likeness (QED) is 0.780. The Morgan fingerprint density at radius 3 is 2.44 bits per heavy atom. The number of nitrogens with two attached hydrogens (primary N) is 1. The van der Waals surface area contributed by atoms with Gasteiger partial charge in [0.25, 0.3) is 0 Å². The van der Waals surface area contributed by atoms with Gasteiger partial charge >= 0.3 is 0 Å². The van der Waals surface area contributed by atoms with Crippen LogP contribution in [0.25, 0.3) is 0 Å². The van der Waals surface area contributed by atoms with Crippen molar-refractivity contribution in [2.45, 2.75) is 52.0 Å². The van der Waals surface area contributed by atoms with Gasteiger partial charge in [-0.15, -0.1) is 0 Å². The van der Waals surface area contributed by atoms with Crippen molar-refractivity contribution in [3.05, 3.63) is 0 Å². The second-order valence-corrected chi connectivity index (χ2v) is 7.78. The Kier molecular flexibility index (Phi) is 5.25. The zero-order valence-corrected chi connectivity index (χ0v) is 11.3. The van der Waals surface area contributed by atoms with Gasteiger partial charge in [-0.05, 0) is 37.5 Å². The summed E-state index contributed by atoms with van der Waals surface area (Å²) < 4.78 is 23.5. The molecule has 3 nitrogen and oxygen atoms in total. The lowest BCUT2D eigenvalue weighted by Crippen LogP contribution is -2.26. The summed E-state index contributed by atoms with van der Waals surface area (Å²) in [4.78, 5) is 0. The van der Waals surface area contributed by atoms with Crippen molar-refractivity contribution >= 4 is 9.84 Å². The van der Waals surface area contributed by atoms with E-state index in [0.717, 1.165) is 32.1 Å². The monoisotopic (exact) mass is 247 g/mol. The topological polar surface area (TPSA) is 60.2 Å². The van der Waals surface area contributed by atoms with Gasteiger partial charge in [-0.25, -0.2) is 8.42 Å². The van der Waals surface area contributed by atoms with Crippen LogP contribution in [0.2, 0.25) is 0 Å². The normalized spacial score (nSPS) is 26.5. The Bertz CT molecular complexity index is 298. The van der Waals surface area contributed by atoms with E-state index in [1.54, 1.807) is 0 Å². The Labute approximate surface area is 99.7 Å². The first-order valence-electron chi connectivity index (χ1n) is 6.37. The summed E-state index contributed by atoms with van der Waals surface area (Å²) in [6.45, 7) is 4.12. The Hall–Kier alpha value is -0.0900. The highest BCUT2D eigenvalue weighted by Gasteiger charge is 2.25. The van der Waals surface area contributed by atoms with Crippen LogP contribution >= 0.6 is 0 Å². The van der Waals surface area contributed by atoms with E-state index in [4.69, 9.17) is 5.73 Å². The van der Waals surface area contributed by atoms with Crippen LogP contribution in [0.3, 0.4) is 0 Å². The molecule has 0 aromatic rings. The number of rotatable bonds is 6. The van der Waals surface area contributed by atoms with Gasteiger partial charge in [0.1, 0.15) is 9.84 Å². The maximum Gasteiger partial charge on any atom is 0.150 e. The molecule has 1 aliphatic rings. The molecule has 0 aliphatic heterocycles. The molecule has 0 heterocycles. The van der Waals surface area contributed by atoms with E-state index in [2.05, 4.69) is 13.8 Å². The summed E-state index contributed by atoms with van der Waals surface area (Å²) in [5.74, 6) is 1.57. The van der Waals surface area contributed by atoms with E-state index >= 15 is 0 Å². The third-order valence-electron chi connectivity index (χ3n) is 3.52. The molecule has 1 aliphatic carbocycles. The first-order chi connectivity index (χ1) is 7.41. The molecule has 0 aromatic carbocycles. The van der Waals surface area contributed by atoms with Gasteiger partial charge in [-0.2, -0.15) is 0 Å². The first kappa shape index (κ1) is 14.0. The Morgan fingerprint density at radius 2 is 1.94 bits per heavy atom. The lowest BCUT2D eigenvalue weighted by atomic mass is 10.0. The van der Waals surface area contributed by atoms with Gasteiger partial charge < -0.3 is 5.73 Å². The molecule has 1 rings (SSSR count). The molecule has 2 unspecified atom stereocenters. The molecule has 0 amide bonds. The van der Waals surface area contributed by atoms with Gasteiger partial charge in [0.15, 0.2) is 0 Å². The van der Waals surface area contributed by atoms with Gasteiger partial charge in [0.2, 0.25) is 0 Å². The fourth-order valence-electron chi connectivity index (χ4n) is 2.27. The average Bonchev–Trinajstić information content (AvgIpc) is 2.59. The molecule has 2 N–H and O–H groups in total. The van der Waals surface area contributed by atoms with Crippen molar-refractivity contribution in [3.8, 4) is 0 Å². The number of sulfone groups is 1. The second kappa shape index (κ2) is 6.01. The molecular weight excluding hydrogens is 222 g/mol. The number of hydrogen-bond acceptors (Lipinski definition) is 3. The molecule has 16 heavy (non-hydrogen) atoms. The molecule has 2 atom stereocenters. The Morgan fingerprint density at radius 1 is 1.25 bits per heavy atom. The van der Waals surface area contributed by atoms with Crippen molar-refractivity contribution in [1.29, 1.82) is 0 Å². The number of hydrogen-bond donors (Lipinski definition) is 1. The maximum atomic E-state index is 11.8. The SMILES string of the molecule is CC(C)CCS(=O)(=O)CCC1CCCC1N. The molecule has 0 aromatic heterocycles. The van der Waals surface area contributed by atoms with Crippen LogP contribution in [0.4, 0.5) is 0 Å². The zero-order chi connectivity index (χ0) is 12.2. The molecule has 1 fully saturated rings. The van der Waals surface area contributed by atoms with Crippen molar-refractivity contribution < 1.29 is 8.42 Å². The van der Waals surface area contributed by atoms with Crippen LogP contribution in [0.15, 0.2) is 0 Å². The van der Waals surface area contributed by atoms with Crippen LogP contribution in [0.1, 0.15) is 46.0 Å². The minimum Gasteiger partial charge on any atom is -0.327 e. The maximum absolute atomic E-state index is 11.8. The average molecular weight is 247 g/mol. The fraction of sp³-hybridized carbons (Fsp3) is 1.00. The minimum atomic E-state index is -2.84. The smallest absolute Gasteiger partial charge is 0.150 e. The van der Waals surface area contributed by atoms with E-state index in [9.17, 15) is 8.42 Å². The van der Waals surface area contributed by atoms with Crippen molar-refractivity contribution in [3.63, 3.8) is 0 Å². The van der Waals surface area contributed by atoms with E-state index in [1.807, 2.05) is 0 Å². The third kappa shape index (κ3) is 4.83. The first-order valence-corrected chi connectivity index (χ1v) is 8.19. The van der Waals surface area contributed by atoms with Crippen LogP contribution in [-0.4, -0.2) is 26.0 Å². The van der Waals surface area contributed by atoms with Crippen LogP contribution < -0.4 is 5.73 Å². The fourth-order valence-corrected chi connectivity index (χ4v) is 3.97. The molecule has 4 heteroatoms. The van der Waals surface area contributed by atoms with Crippen LogP contribution in [0.5, 0.6) is 0 Å². The van der Waals surface area contributed by atoms with E-state index < -0.39 is 9.84 Å². The summed E-state index contributed by atoms with van der Waals surface area (Å²) in [6.07, 6.45) is 4.89. The van der Waals surface area contributed by atoms with E-state index in [1.165, 1.54) is 0 Å². The van der Waals surface area contributed by atoms with Crippen LogP contribution in [0, 0.1) is 11.8 Å². The molecule has 0 spiro atoms.